The zero-order valence-corrected chi connectivity index (χ0v) is 38.2. The van der Waals surface area contributed by atoms with Crippen LogP contribution in [0.5, 0.6) is 0 Å². The number of piperidine rings is 1. The van der Waals surface area contributed by atoms with Gasteiger partial charge in [-0.25, -0.2) is 8.42 Å². The third-order valence-electron chi connectivity index (χ3n) is 17.2. The van der Waals surface area contributed by atoms with Gasteiger partial charge in [-0.1, -0.05) is 80.1 Å². The van der Waals surface area contributed by atoms with Gasteiger partial charge in [0, 0.05) is 18.0 Å². The van der Waals surface area contributed by atoms with Gasteiger partial charge in [0.1, 0.15) is 23.7 Å². The molecular formula is C45H74N6O7S. The summed E-state index contributed by atoms with van der Waals surface area (Å²) >= 11 is 0. The van der Waals surface area contributed by atoms with Crippen molar-refractivity contribution >= 4 is 39.6 Å². The molecule has 2 saturated heterocycles. The monoisotopic (exact) mass is 843 g/mol. The van der Waals surface area contributed by atoms with Gasteiger partial charge in [0.15, 0.2) is 0 Å². The first-order valence-corrected chi connectivity index (χ1v) is 24.6. The molecule has 7 fully saturated rings. The number of nitrogens with zero attached hydrogens (tertiary/aromatic N) is 2. The van der Waals surface area contributed by atoms with Crippen LogP contribution in [0.3, 0.4) is 0 Å². The molecular weight excluding hydrogens is 769 g/mol. The summed E-state index contributed by atoms with van der Waals surface area (Å²) in [5.74, 6) is -2.31. The van der Waals surface area contributed by atoms with E-state index < -0.39 is 55.7 Å². The molecule has 7 aliphatic rings. The Kier molecular flexibility index (Phi) is 11.5. The average molecular weight is 843 g/mol. The smallest absolute Gasteiger partial charge is 0.259 e. The first-order chi connectivity index (χ1) is 27.5. The largest absolute Gasteiger partial charge is 0.343 e. The van der Waals surface area contributed by atoms with Crippen molar-refractivity contribution in [3.8, 4) is 0 Å². The summed E-state index contributed by atoms with van der Waals surface area (Å²) in [7, 11) is -3.93. The van der Waals surface area contributed by atoms with Crippen molar-refractivity contribution in [2.24, 2.45) is 33.5 Å². The summed E-state index contributed by atoms with van der Waals surface area (Å²) in [5, 5.41) is 9.42. The first kappa shape index (κ1) is 44.3. The molecule has 0 aromatic rings. The topological polar surface area (TPSA) is 174 Å². The van der Waals surface area contributed by atoms with Crippen LogP contribution in [0.25, 0.3) is 0 Å². The Morgan fingerprint density at radius 3 is 1.95 bits per heavy atom. The lowest BCUT2D eigenvalue weighted by atomic mass is 9.73. The molecule has 0 aromatic heterocycles. The van der Waals surface area contributed by atoms with Gasteiger partial charge in [0.05, 0.1) is 10.8 Å². The second kappa shape index (κ2) is 15.3. The fraction of sp³-hybridized carbons (Fsp3) is 0.889. The molecule has 7 rings (SSSR count). The average Bonchev–Trinajstić information content (AvgIpc) is 4.09. The molecule has 13 nitrogen and oxygen atoms in total. The highest BCUT2D eigenvalue weighted by atomic mass is 32.2. The number of carbonyl (C=O) groups excluding carboxylic acids is 5. The van der Waals surface area contributed by atoms with Crippen molar-refractivity contribution in [1.82, 2.24) is 30.5 Å². The Morgan fingerprint density at radius 2 is 1.42 bits per heavy atom. The lowest BCUT2D eigenvalue weighted by Crippen LogP contribution is -2.63. The highest BCUT2D eigenvalue weighted by Gasteiger charge is 2.85. The number of fused-ring (bicyclic) bond motifs is 1. The molecule has 7 atom stereocenters. The van der Waals surface area contributed by atoms with Crippen LogP contribution in [0.4, 0.5) is 0 Å². The van der Waals surface area contributed by atoms with Crippen LogP contribution < -0.4 is 20.7 Å². The highest BCUT2D eigenvalue weighted by molar-refractivity contribution is 7.91. The molecule has 0 aromatic carbocycles. The molecule has 14 heteroatoms. The Hall–Kier alpha value is -2.74. The normalized spacial score (nSPS) is 33.1. The maximum absolute atomic E-state index is 15.3. The second-order valence-electron chi connectivity index (χ2n) is 22.0. The van der Waals surface area contributed by atoms with E-state index in [-0.39, 0.29) is 57.9 Å². The number of sulfonamides is 1. The van der Waals surface area contributed by atoms with Crippen LogP contribution >= 0.6 is 0 Å². The first-order valence-electron chi connectivity index (χ1n) is 23.1. The Labute approximate surface area is 353 Å². The van der Waals surface area contributed by atoms with Crippen LogP contribution in [0.2, 0.25) is 0 Å². The van der Waals surface area contributed by atoms with Gasteiger partial charge in [0.25, 0.3) is 5.91 Å². The van der Waals surface area contributed by atoms with Gasteiger partial charge in [-0.2, -0.15) is 0 Å². The Bertz CT molecular complexity index is 1810. The molecule has 2 spiro atoms. The van der Waals surface area contributed by atoms with Crippen molar-refractivity contribution in [1.29, 1.82) is 0 Å². The number of hydrogen-bond acceptors (Lipinski definition) is 8. The molecule has 2 aliphatic heterocycles. The third-order valence-corrected chi connectivity index (χ3v) is 19.3. The molecule has 5 aliphatic carbocycles. The second-order valence-corrected chi connectivity index (χ2v) is 24.2. The van der Waals surface area contributed by atoms with E-state index in [0.29, 0.717) is 38.6 Å². The predicted octanol–water partition coefficient (Wildman–Crippen LogP) is 4.93. The van der Waals surface area contributed by atoms with Crippen molar-refractivity contribution in [2.75, 3.05) is 13.1 Å². The number of hydrogen-bond donors (Lipinski definition) is 4. The van der Waals surface area contributed by atoms with E-state index in [1.807, 2.05) is 27.7 Å². The minimum absolute atomic E-state index is 0.00175. The van der Waals surface area contributed by atoms with Crippen LogP contribution in [0.15, 0.2) is 0 Å². The molecule has 2 heterocycles. The van der Waals surface area contributed by atoms with Gasteiger partial charge < -0.3 is 20.9 Å². The van der Waals surface area contributed by atoms with E-state index in [1.165, 1.54) is 0 Å². The summed E-state index contributed by atoms with van der Waals surface area (Å²) < 4.78 is 27.7. The molecule has 0 radical (unpaired) electrons. The lowest BCUT2D eigenvalue weighted by molar-refractivity contribution is -0.145. The number of rotatable bonds is 13. The van der Waals surface area contributed by atoms with E-state index in [0.717, 1.165) is 77.2 Å². The predicted molar refractivity (Wildman–Crippen MR) is 226 cm³/mol. The Morgan fingerprint density at radius 1 is 0.780 bits per heavy atom. The molecule has 1 unspecified atom stereocenters. The Balaban J connectivity index is 1.16. The number of amides is 5. The summed E-state index contributed by atoms with van der Waals surface area (Å²) in [6.07, 6.45) is 12.8. The summed E-state index contributed by atoms with van der Waals surface area (Å²) in [6.45, 7) is 19.2. The van der Waals surface area contributed by atoms with Gasteiger partial charge in [-0.3, -0.25) is 33.6 Å². The quantitative estimate of drug-likeness (QED) is 0.202. The summed E-state index contributed by atoms with van der Waals surface area (Å²) in [6, 6.07) is -2.84. The fourth-order valence-corrected chi connectivity index (χ4v) is 13.8. The number of likely N-dealkylation sites (tertiary alicyclic amines) is 2. The van der Waals surface area contributed by atoms with Crippen LogP contribution in [0.1, 0.15) is 165 Å². The third kappa shape index (κ3) is 7.33. The molecule has 5 saturated carbocycles. The minimum Gasteiger partial charge on any atom is -0.343 e. The number of nitrogens with one attached hydrogen (secondary N) is 4. The molecule has 59 heavy (non-hydrogen) atoms. The SMILES string of the molecule is CC[C@@H]1C[C@]1(NC(=O)C1C[C@@]2(CN1C(=O)[C@@H](NC(=O)[C@@H](NC(=O)[C@@H]1CCCCN1C(C)C)C1CCCCC1)C(C)(C)C)C(C)(C)C21CCC1)C(=O)NS(=O)(=O)C1(C)CC1. The zero-order chi connectivity index (χ0) is 43.1. The summed E-state index contributed by atoms with van der Waals surface area (Å²) in [5.41, 5.74) is -2.57. The maximum Gasteiger partial charge on any atom is 0.259 e. The van der Waals surface area contributed by atoms with Crippen molar-refractivity contribution < 1.29 is 32.4 Å². The van der Waals surface area contributed by atoms with Crippen LogP contribution in [-0.2, 0) is 34.0 Å². The molecule has 5 amide bonds. The van der Waals surface area contributed by atoms with Crippen molar-refractivity contribution in [3.05, 3.63) is 0 Å². The van der Waals surface area contributed by atoms with E-state index in [1.54, 1.807) is 11.8 Å². The number of carbonyl (C=O) groups is 5. The zero-order valence-electron chi connectivity index (χ0n) is 37.4. The maximum atomic E-state index is 15.3. The van der Waals surface area contributed by atoms with Crippen molar-refractivity contribution in [3.63, 3.8) is 0 Å². The van der Waals surface area contributed by atoms with E-state index in [4.69, 9.17) is 0 Å². The van der Waals surface area contributed by atoms with Gasteiger partial charge >= 0.3 is 0 Å². The van der Waals surface area contributed by atoms with Gasteiger partial charge in [-0.05, 0) is 120 Å². The van der Waals surface area contributed by atoms with E-state index in [9.17, 15) is 27.6 Å². The van der Waals surface area contributed by atoms with Crippen molar-refractivity contribution in [2.45, 2.75) is 206 Å². The fourth-order valence-electron chi connectivity index (χ4n) is 12.5. The minimum atomic E-state index is -3.93. The van der Waals surface area contributed by atoms with Gasteiger partial charge in [-0.15, -0.1) is 0 Å². The van der Waals surface area contributed by atoms with Crippen LogP contribution in [0, 0.1) is 33.5 Å². The highest BCUT2D eigenvalue weighted by Crippen LogP contribution is 2.88. The van der Waals surface area contributed by atoms with E-state index >= 15 is 4.79 Å². The van der Waals surface area contributed by atoms with E-state index in [2.05, 4.69) is 53.3 Å². The molecule has 4 N–H and O–H groups in total. The van der Waals surface area contributed by atoms with Crippen LogP contribution in [-0.4, -0.2) is 101 Å². The standard InChI is InChI=1S/C45H74N6O7S/c1-10-30-25-45(30,39(56)49-59(57,58)42(9)22-23-42)48-36(53)32-26-44(41(7,8)43(44)20-16-21-43)27-51(32)38(55)34(40(4,5)6)47-37(54)33(29-17-12-11-13-18-29)46-35(52)31-19-14-15-24-50(31)28(2)3/h28-34H,10-27H2,1-9H3,(H,46,52)(H,47,54)(H,48,53)(H,49,56)/t30-,31+,32?,33+,34-,44-,45-/m1/s1. The summed E-state index contributed by atoms with van der Waals surface area (Å²) in [4.78, 5) is 76.6. The van der Waals surface area contributed by atoms with Gasteiger partial charge in [0.2, 0.25) is 33.7 Å². The molecule has 0 bridgehead atoms. The molecule has 332 valence electrons. The lowest BCUT2D eigenvalue weighted by Gasteiger charge is -2.40.